The van der Waals surface area contributed by atoms with Gasteiger partial charge < -0.3 is 24.7 Å². The average molecular weight is 470 g/mol. The van der Waals surface area contributed by atoms with Crippen LogP contribution in [0.2, 0.25) is 0 Å². The zero-order chi connectivity index (χ0) is 17.1. The Bertz CT molecular complexity index is 792. The first kappa shape index (κ1) is 18.7. The Kier molecular flexibility index (Phi) is 6.17. The van der Waals surface area contributed by atoms with Gasteiger partial charge >= 0.3 is 0 Å². The molecule has 0 amide bonds. The molecule has 0 spiro atoms. The number of rotatable bonds is 5. The Hall–Kier alpha value is -2.04. The number of hydrogen-bond acceptors (Lipinski definition) is 5. The van der Waals surface area contributed by atoms with Gasteiger partial charge in [0.15, 0.2) is 23.3 Å². The van der Waals surface area contributed by atoms with Crippen LogP contribution in [0.25, 0.3) is 0 Å². The van der Waals surface area contributed by atoms with Crippen LogP contribution in [-0.2, 0) is 25.9 Å². The summed E-state index contributed by atoms with van der Waals surface area (Å²) in [4.78, 5) is 4.26. The Morgan fingerprint density at radius 3 is 3.00 bits per heavy atom. The second-order valence-corrected chi connectivity index (χ2v) is 6.08. The van der Waals surface area contributed by atoms with E-state index in [9.17, 15) is 0 Å². The molecule has 0 saturated heterocycles. The minimum Gasteiger partial charge on any atom is -0.454 e. The number of nitrogens with one attached hydrogen (secondary N) is 2. The molecule has 4 rings (SSSR count). The summed E-state index contributed by atoms with van der Waals surface area (Å²) in [5.74, 6) is 4.44. The summed E-state index contributed by atoms with van der Waals surface area (Å²) in [5, 5.41) is 15.1. The molecule has 0 saturated carbocycles. The quantitative estimate of drug-likeness (QED) is 0.391. The molecular formula is C17H23IN6O2. The number of fused-ring (bicyclic) bond motifs is 2. The first-order valence-electron chi connectivity index (χ1n) is 8.57. The SMILES string of the molecule is CN=C(NCCc1ccc2c(c1)OCO2)NCc1nnc2n1CCC2.I. The molecule has 0 aliphatic carbocycles. The number of hydrogen-bond donors (Lipinski definition) is 2. The molecule has 2 aliphatic rings. The average Bonchev–Trinajstić information content (AvgIpc) is 3.34. The van der Waals surface area contributed by atoms with E-state index in [1.807, 2.05) is 12.1 Å². The van der Waals surface area contributed by atoms with Crippen molar-refractivity contribution in [3.05, 3.63) is 35.4 Å². The minimum absolute atomic E-state index is 0. The van der Waals surface area contributed by atoms with Gasteiger partial charge in [0.25, 0.3) is 0 Å². The van der Waals surface area contributed by atoms with Gasteiger partial charge in [-0.2, -0.15) is 0 Å². The lowest BCUT2D eigenvalue weighted by Gasteiger charge is -2.12. The van der Waals surface area contributed by atoms with Crippen LogP contribution < -0.4 is 20.1 Å². The van der Waals surface area contributed by atoms with Crippen LogP contribution in [0, 0.1) is 0 Å². The molecule has 0 unspecified atom stereocenters. The number of aromatic nitrogens is 3. The van der Waals surface area contributed by atoms with Crippen LogP contribution in [0.5, 0.6) is 11.5 Å². The molecule has 0 bridgehead atoms. The zero-order valence-corrected chi connectivity index (χ0v) is 17.0. The fourth-order valence-corrected chi connectivity index (χ4v) is 3.15. The maximum atomic E-state index is 5.41. The first-order chi connectivity index (χ1) is 12.3. The summed E-state index contributed by atoms with van der Waals surface area (Å²) in [6.07, 6.45) is 3.05. The topological polar surface area (TPSA) is 85.6 Å². The standard InChI is InChI=1S/C17H22N6O2.HI/c1-18-17(20-10-16-22-21-15-3-2-8-23(15)16)19-7-6-12-4-5-13-14(9-12)25-11-24-13;/h4-5,9H,2-3,6-8,10-11H2,1H3,(H2,18,19,20);1H. The van der Waals surface area contributed by atoms with E-state index in [1.165, 1.54) is 5.56 Å². The third-order valence-electron chi connectivity index (χ3n) is 4.47. The highest BCUT2D eigenvalue weighted by atomic mass is 127. The summed E-state index contributed by atoms with van der Waals surface area (Å²) < 4.78 is 12.9. The highest BCUT2D eigenvalue weighted by Gasteiger charge is 2.17. The maximum Gasteiger partial charge on any atom is 0.231 e. The Balaban J connectivity index is 0.00000196. The Labute approximate surface area is 169 Å². The van der Waals surface area contributed by atoms with Crippen LogP contribution >= 0.6 is 24.0 Å². The van der Waals surface area contributed by atoms with Gasteiger partial charge in [-0.25, -0.2) is 0 Å². The van der Waals surface area contributed by atoms with Crippen molar-refractivity contribution in [2.24, 2.45) is 4.99 Å². The molecular weight excluding hydrogens is 447 g/mol. The third kappa shape index (κ3) is 4.02. The van der Waals surface area contributed by atoms with Gasteiger partial charge in [0.2, 0.25) is 6.79 Å². The van der Waals surface area contributed by atoms with E-state index >= 15 is 0 Å². The molecule has 140 valence electrons. The number of benzene rings is 1. The van der Waals surface area contributed by atoms with Crippen LogP contribution in [-0.4, -0.2) is 41.1 Å². The monoisotopic (exact) mass is 470 g/mol. The molecule has 9 heteroatoms. The second-order valence-electron chi connectivity index (χ2n) is 6.08. The minimum atomic E-state index is 0. The van der Waals surface area contributed by atoms with E-state index in [-0.39, 0.29) is 24.0 Å². The number of guanidine groups is 1. The van der Waals surface area contributed by atoms with Crippen molar-refractivity contribution in [3.8, 4) is 11.5 Å². The van der Waals surface area contributed by atoms with E-state index in [4.69, 9.17) is 9.47 Å². The van der Waals surface area contributed by atoms with Crippen LogP contribution in [0.3, 0.4) is 0 Å². The highest BCUT2D eigenvalue weighted by Crippen LogP contribution is 2.32. The third-order valence-corrected chi connectivity index (χ3v) is 4.47. The van der Waals surface area contributed by atoms with E-state index in [0.29, 0.717) is 13.3 Å². The molecule has 1 aromatic carbocycles. The van der Waals surface area contributed by atoms with Crippen LogP contribution in [0.4, 0.5) is 0 Å². The number of aliphatic imine (C=N–C) groups is 1. The van der Waals surface area contributed by atoms with Crippen molar-refractivity contribution in [2.75, 3.05) is 20.4 Å². The molecule has 2 aliphatic heterocycles. The van der Waals surface area contributed by atoms with Crippen molar-refractivity contribution in [2.45, 2.75) is 32.4 Å². The number of halogens is 1. The van der Waals surface area contributed by atoms with E-state index in [2.05, 4.69) is 36.5 Å². The molecule has 26 heavy (non-hydrogen) atoms. The lowest BCUT2D eigenvalue weighted by Crippen LogP contribution is -2.38. The highest BCUT2D eigenvalue weighted by molar-refractivity contribution is 14.0. The molecule has 2 N–H and O–H groups in total. The molecule has 8 nitrogen and oxygen atoms in total. The predicted molar refractivity (Wildman–Crippen MR) is 108 cm³/mol. The van der Waals surface area contributed by atoms with E-state index in [0.717, 1.165) is 61.5 Å². The number of ether oxygens (including phenoxy) is 2. The zero-order valence-electron chi connectivity index (χ0n) is 14.7. The largest absolute Gasteiger partial charge is 0.454 e. The lowest BCUT2D eigenvalue weighted by molar-refractivity contribution is 0.174. The van der Waals surface area contributed by atoms with Crippen molar-refractivity contribution < 1.29 is 9.47 Å². The molecule has 1 aromatic heterocycles. The lowest BCUT2D eigenvalue weighted by atomic mass is 10.1. The predicted octanol–water partition coefficient (Wildman–Crippen LogP) is 1.48. The van der Waals surface area contributed by atoms with Gasteiger partial charge in [-0.15, -0.1) is 34.2 Å². The number of nitrogens with zero attached hydrogens (tertiary/aromatic N) is 4. The first-order valence-corrected chi connectivity index (χ1v) is 8.57. The normalized spacial score (nSPS) is 14.7. The Morgan fingerprint density at radius 2 is 2.12 bits per heavy atom. The van der Waals surface area contributed by atoms with Crippen molar-refractivity contribution in [1.29, 1.82) is 0 Å². The fraction of sp³-hybridized carbons (Fsp3) is 0.471. The van der Waals surface area contributed by atoms with Gasteiger partial charge in [-0.1, -0.05) is 6.07 Å². The molecule has 3 heterocycles. The smallest absolute Gasteiger partial charge is 0.231 e. The summed E-state index contributed by atoms with van der Waals surface area (Å²) in [6, 6.07) is 6.04. The summed E-state index contributed by atoms with van der Waals surface area (Å²) in [6.45, 7) is 2.71. The van der Waals surface area contributed by atoms with Gasteiger partial charge in [0.05, 0.1) is 6.54 Å². The fourth-order valence-electron chi connectivity index (χ4n) is 3.15. The second kappa shape index (κ2) is 8.56. The van der Waals surface area contributed by atoms with Crippen LogP contribution in [0.1, 0.15) is 23.6 Å². The van der Waals surface area contributed by atoms with Crippen LogP contribution in [0.15, 0.2) is 23.2 Å². The van der Waals surface area contributed by atoms with E-state index in [1.54, 1.807) is 7.05 Å². The van der Waals surface area contributed by atoms with Crippen molar-refractivity contribution in [1.82, 2.24) is 25.4 Å². The van der Waals surface area contributed by atoms with E-state index < -0.39 is 0 Å². The molecule has 0 fully saturated rings. The molecule has 0 radical (unpaired) electrons. The van der Waals surface area contributed by atoms with Crippen molar-refractivity contribution >= 4 is 29.9 Å². The summed E-state index contributed by atoms with van der Waals surface area (Å²) in [5.41, 5.74) is 1.20. The molecule has 2 aromatic rings. The van der Waals surface area contributed by atoms with Gasteiger partial charge in [0, 0.05) is 26.6 Å². The Morgan fingerprint density at radius 1 is 1.23 bits per heavy atom. The van der Waals surface area contributed by atoms with Gasteiger partial charge in [-0.3, -0.25) is 4.99 Å². The summed E-state index contributed by atoms with van der Waals surface area (Å²) in [7, 11) is 1.77. The molecule has 0 atom stereocenters. The van der Waals surface area contributed by atoms with Gasteiger partial charge in [0.1, 0.15) is 5.82 Å². The van der Waals surface area contributed by atoms with Gasteiger partial charge in [-0.05, 0) is 30.5 Å². The number of aryl methyl sites for hydroxylation is 1. The summed E-state index contributed by atoms with van der Waals surface area (Å²) >= 11 is 0. The maximum absolute atomic E-state index is 5.41. The van der Waals surface area contributed by atoms with Crippen molar-refractivity contribution in [3.63, 3.8) is 0 Å².